The Morgan fingerprint density at radius 3 is 2.70 bits per heavy atom. The molecule has 10 heteroatoms. The third-order valence-corrected chi connectivity index (χ3v) is 3.87. The summed E-state index contributed by atoms with van der Waals surface area (Å²) in [5, 5.41) is 21.3. The van der Waals surface area contributed by atoms with Crippen LogP contribution in [0.15, 0.2) is 53.9 Å². The lowest BCUT2D eigenvalue weighted by molar-refractivity contribution is -0.384. The number of nitro benzene ring substituents is 1. The van der Waals surface area contributed by atoms with Crippen LogP contribution in [-0.2, 0) is 6.61 Å². The van der Waals surface area contributed by atoms with E-state index in [4.69, 9.17) is 21.7 Å². The van der Waals surface area contributed by atoms with E-state index >= 15 is 0 Å². The highest BCUT2D eigenvalue weighted by Crippen LogP contribution is 2.28. The van der Waals surface area contributed by atoms with Crippen molar-refractivity contribution < 1.29 is 14.4 Å². The second-order valence-electron chi connectivity index (χ2n) is 5.37. The van der Waals surface area contributed by atoms with Crippen LogP contribution in [-0.4, -0.2) is 33.1 Å². The molecular weight excluding hydrogens is 370 g/mol. The summed E-state index contributed by atoms with van der Waals surface area (Å²) < 4.78 is 12.9. The molecule has 27 heavy (non-hydrogen) atoms. The van der Waals surface area contributed by atoms with Gasteiger partial charge in [0.05, 0.1) is 18.2 Å². The van der Waals surface area contributed by atoms with Crippen LogP contribution in [0.5, 0.6) is 11.5 Å². The van der Waals surface area contributed by atoms with Crippen molar-refractivity contribution in [3.8, 4) is 11.5 Å². The van der Waals surface area contributed by atoms with Crippen molar-refractivity contribution in [1.29, 1.82) is 0 Å². The van der Waals surface area contributed by atoms with Gasteiger partial charge in [0.1, 0.15) is 12.9 Å². The number of benzene rings is 2. The molecule has 3 rings (SSSR count). The third kappa shape index (κ3) is 4.55. The summed E-state index contributed by atoms with van der Waals surface area (Å²) in [6, 6.07) is 11.5. The van der Waals surface area contributed by atoms with Crippen LogP contribution in [0.1, 0.15) is 11.1 Å². The largest absolute Gasteiger partial charge is 0.493 e. The molecule has 1 heterocycles. The molecular formula is C17H15N5O4S. The van der Waals surface area contributed by atoms with E-state index in [0.29, 0.717) is 16.3 Å². The number of nitrogens with one attached hydrogen (secondary N) is 1. The van der Waals surface area contributed by atoms with Crippen LogP contribution in [0.25, 0.3) is 0 Å². The fourth-order valence-corrected chi connectivity index (χ4v) is 2.36. The zero-order valence-corrected chi connectivity index (χ0v) is 15.0. The van der Waals surface area contributed by atoms with Gasteiger partial charge >= 0.3 is 0 Å². The number of hydrogen-bond donors (Lipinski definition) is 1. The number of aromatic amines is 1. The molecule has 0 aliphatic heterocycles. The smallest absolute Gasteiger partial charge is 0.269 e. The zero-order valence-electron chi connectivity index (χ0n) is 14.2. The molecule has 0 unspecified atom stereocenters. The first-order valence-electron chi connectivity index (χ1n) is 7.77. The molecule has 0 fully saturated rings. The number of non-ortho nitro benzene ring substituents is 1. The van der Waals surface area contributed by atoms with Crippen LogP contribution in [0.4, 0.5) is 5.69 Å². The molecule has 0 aliphatic rings. The number of methoxy groups -OCH3 is 1. The maximum atomic E-state index is 10.7. The van der Waals surface area contributed by atoms with E-state index in [9.17, 15) is 10.1 Å². The third-order valence-electron chi connectivity index (χ3n) is 3.60. The van der Waals surface area contributed by atoms with Gasteiger partial charge in [0.2, 0.25) is 4.77 Å². The zero-order chi connectivity index (χ0) is 19.2. The Bertz CT molecular complexity index is 1030. The minimum Gasteiger partial charge on any atom is -0.493 e. The number of H-pyrrole nitrogens is 1. The van der Waals surface area contributed by atoms with Gasteiger partial charge in [-0.1, -0.05) is 0 Å². The van der Waals surface area contributed by atoms with E-state index in [1.807, 2.05) is 6.07 Å². The molecule has 0 saturated carbocycles. The van der Waals surface area contributed by atoms with Crippen LogP contribution >= 0.6 is 12.2 Å². The summed E-state index contributed by atoms with van der Waals surface area (Å²) in [4.78, 5) is 10.2. The lowest BCUT2D eigenvalue weighted by Crippen LogP contribution is -1.99. The maximum absolute atomic E-state index is 10.7. The predicted octanol–water partition coefficient (Wildman–Crippen LogP) is 3.32. The highest BCUT2D eigenvalue weighted by Gasteiger charge is 2.08. The minimum absolute atomic E-state index is 0.0395. The molecule has 0 aliphatic carbocycles. The monoisotopic (exact) mass is 385 g/mol. The molecule has 2 aromatic carbocycles. The van der Waals surface area contributed by atoms with Crippen LogP contribution in [0, 0.1) is 14.9 Å². The first-order valence-corrected chi connectivity index (χ1v) is 8.18. The van der Waals surface area contributed by atoms with Gasteiger partial charge in [0.15, 0.2) is 11.5 Å². The summed E-state index contributed by atoms with van der Waals surface area (Å²) in [6.45, 7) is 0.256. The fraction of sp³-hybridized carbons (Fsp3) is 0.118. The molecule has 0 bridgehead atoms. The first kappa shape index (κ1) is 18.3. The molecule has 0 radical (unpaired) electrons. The molecule has 138 valence electrons. The summed E-state index contributed by atoms with van der Waals surface area (Å²) in [7, 11) is 1.54. The van der Waals surface area contributed by atoms with Crippen molar-refractivity contribution >= 4 is 24.1 Å². The highest BCUT2D eigenvalue weighted by atomic mass is 32.1. The van der Waals surface area contributed by atoms with E-state index in [1.165, 1.54) is 23.1 Å². The van der Waals surface area contributed by atoms with E-state index in [2.05, 4.69) is 15.3 Å². The number of rotatable bonds is 7. The fourth-order valence-electron chi connectivity index (χ4n) is 2.21. The standard InChI is InChI=1S/C17H15N5O4S/c1-25-16-8-13(9-19-21-11-18-20-17(21)27)4-7-15(16)26-10-12-2-5-14(6-3-12)22(23)24/h2-9,11H,10H2,1H3,(H,20,27)/b19-9+. The Morgan fingerprint density at radius 2 is 2.07 bits per heavy atom. The van der Waals surface area contributed by atoms with Gasteiger partial charge < -0.3 is 9.47 Å². The molecule has 0 amide bonds. The summed E-state index contributed by atoms with van der Waals surface area (Å²) in [5.41, 5.74) is 1.64. The highest BCUT2D eigenvalue weighted by molar-refractivity contribution is 7.71. The van der Waals surface area contributed by atoms with E-state index in [0.717, 1.165) is 11.1 Å². The Hall–Kier alpha value is -3.53. The minimum atomic E-state index is -0.440. The molecule has 0 spiro atoms. The number of aromatic nitrogens is 3. The maximum Gasteiger partial charge on any atom is 0.269 e. The molecule has 0 saturated heterocycles. The lowest BCUT2D eigenvalue weighted by Gasteiger charge is -2.11. The topological polar surface area (TPSA) is 108 Å². The SMILES string of the molecule is COc1cc(/C=N/n2cn[nH]c2=S)ccc1OCc1ccc([N+](=O)[O-])cc1. The van der Waals surface area contributed by atoms with Crippen molar-refractivity contribution in [2.24, 2.45) is 5.10 Å². The molecule has 0 atom stereocenters. The Kier molecular flexibility index (Phi) is 5.57. The lowest BCUT2D eigenvalue weighted by atomic mass is 10.2. The average molecular weight is 385 g/mol. The second-order valence-corrected chi connectivity index (χ2v) is 5.76. The van der Waals surface area contributed by atoms with E-state index in [-0.39, 0.29) is 12.3 Å². The van der Waals surface area contributed by atoms with Crippen molar-refractivity contribution in [2.75, 3.05) is 7.11 Å². The van der Waals surface area contributed by atoms with Crippen LogP contribution in [0.3, 0.4) is 0 Å². The number of ether oxygens (including phenoxy) is 2. The second kappa shape index (κ2) is 8.23. The Balaban J connectivity index is 1.70. The van der Waals surface area contributed by atoms with Crippen LogP contribution < -0.4 is 9.47 Å². The quantitative estimate of drug-likeness (QED) is 0.289. The molecule has 9 nitrogen and oxygen atoms in total. The number of nitro groups is 1. The normalized spacial score (nSPS) is 10.9. The summed E-state index contributed by atoms with van der Waals surface area (Å²) in [5.74, 6) is 1.09. The average Bonchev–Trinajstić information content (AvgIpc) is 3.10. The molecule has 1 N–H and O–H groups in total. The van der Waals surface area contributed by atoms with Gasteiger partial charge in [-0.25, -0.2) is 0 Å². The van der Waals surface area contributed by atoms with Crippen molar-refractivity contribution in [2.45, 2.75) is 6.61 Å². The summed E-state index contributed by atoms with van der Waals surface area (Å²) >= 11 is 5.02. The van der Waals surface area contributed by atoms with Gasteiger partial charge in [0, 0.05) is 12.1 Å². The van der Waals surface area contributed by atoms with Crippen molar-refractivity contribution in [3.63, 3.8) is 0 Å². The van der Waals surface area contributed by atoms with Gasteiger partial charge in [-0.05, 0) is 53.7 Å². The predicted molar refractivity (Wildman–Crippen MR) is 101 cm³/mol. The van der Waals surface area contributed by atoms with Crippen molar-refractivity contribution in [3.05, 3.63) is 74.8 Å². The first-order chi connectivity index (χ1) is 13.1. The number of hydrogen-bond acceptors (Lipinski definition) is 7. The van der Waals surface area contributed by atoms with Gasteiger partial charge in [-0.2, -0.15) is 14.9 Å². The Labute approximate surface area is 159 Å². The van der Waals surface area contributed by atoms with Gasteiger partial charge in [0.25, 0.3) is 5.69 Å². The summed E-state index contributed by atoms with van der Waals surface area (Å²) in [6.07, 6.45) is 3.09. The van der Waals surface area contributed by atoms with E-state index in [1.54, 1.807) is 37.6 Å². The van der Waals surface area contributed by atoms with Crippen LogP contribution in [0.2, 0.25) is 0 Å². The van der Waals surface area contributed by atoms with Crippen molar-refractivity contribution in [1.82, 2.24) is 14.9 Å². The van der Waals surface area contributed by atoms with Gasteiger partial charge in [-0.15, -0.1) is 0 Å². The molecule has 1 aromatic heterocycles. The number of nitrogens with zero attached hydrogens (tertiary/aromatic N) is 4. The van der Waals surface area contributed by atoms with Gasteiger partial charge in [-0.3, -0.25) is 15.2 Å². The Morgan fingerprint density at radius 1 is 1.30 bits per heavy atom. The van der Waals surface area contributed by atoms with E-state index < -0.39 is 4.92 Å². The molecule has 3 aromatic rings.